The van der Waals surface area contributed by atoms with E-state index in [1.54, 1.807) is 14.0 Å². The summed E-state index contributed by atoms with van der Waals surface area (Å²) in [6, 6.07) is -0.328. The second-order valence-electron chi connectivity index (χ2n) is 3.67. The lowest BCUT2D eigenvalue weighted by atomic mass is 10.3. The topological polar surface area (TPSA) is 89.3 Å². The molecule has 0 bridgehead atoms. The van der Waals surface area contributed by atoms with Crippen LogP contribution in [0.3, 0.4) is 0 Å². The lowest BCUT2D eigenvalue weighted by Crippen LogP contribution is -2.38. The minimum absolute atomic E-state index is 0.0755. The first-order valence-electron chi connectivity index (χ1n) is 5.31. The minimum atomic E-state index is -0.328. The molecule has 17 heavy (non-hydrogen) atoms. The van der Waals surface area contributed by atoms with E-state index in [2.05, 4.69) is 15.0 Å². The summed E-state index contributed by atoms with van der Waals surface area (Å²) in [4.78, 5) is 11.7. The van der Waals surface area contributed by atoms with Gasteiger partial charge in [0, 0.05) is 19.2 Å². The van der Waals surface area contributed by atoms with Crippen LogP contribution in [0.1, 0.15) is 12.5 Å². The normalized spacial score (nSPS) is 12.2. The molecule has 6 nitrogen and oxygen atoms in total. The Labute approximate surface area is 105 Å². The monoisotopic (exact) mass is 258 g/mol. The summed E-state index contributed by atoms with van der Waals surface area (Å²) in [7, 11) is 1.59. The van der Waals surface area contributed by atoms with E-state index in [0.717, 1.165) is 10.6 Å². The highest BCUT2D eigenvalue weighted by atomic mass is 32.1. The Balaban J connectivity index is 2.45. The second kappa shape index (κ2) is 6.41. The number of carbonyl (C=O) groups is 1. The molecule has 1 unspecified atom stereocenters. The van der Waals surface area contributed by atoms with Crippen molar-refractivity contribution >= 4 is 28.3 Å². The van der Waals surface area contributed by atoms with Gasteiger partial charge >= 0.3 is 0 Å². The SMILES string of the molecule is COCCNC(=O)C(C)Nc1snc(N)c1C. The minimum Gasteiger partial charge on any atom is -0.383 e. The van der Waals surface area contributed by atoms with Crippen molar-refractivity contribution in [2.24, 2.45) is 0 Å². The maximum Gasteiger partial charge on any atom is 0.242 e. The molecule has 1 amide bonds. The zero-order valence-electron chi connectivity index (χ0n) is 10.2. The van der Waals surface area contributed by atoms with E-state index in [1.165, 1.54) is 11.5 Å². The van der Waals surface area contributed by atoms with Gasteiger partial charge in [-0.15, -0.1) is 0 Å². The summed E-state index contributed by atoms with van der Waals surface area (Å²) in [5, 5.41) is 6.67. The van der Waals surface area contributed by atoms with Crippen LogP contribution in [0.25, 0.3) is 0 Å². The number of rotatable bonds is 6. The summed E-state index contributed by atoms with van der Waals surface area (Å²) in [6.07, 6.45) is 0. The molecule has 0 saturated heterocycles. The van der Waals surface area contributed by atoms with E-state index < -0.39 is 0 Å². The van der Waals surface area contributed by atoms with Crippen LogP contribution in [0.15, 0.2) is 0 Å². The van der Waals surface area contributed by atoms with E-state index in [4.69, 9.17) is 10.5 Å². The maximum absolute atomic E-state index is 11.7. The fourth-order valence-corrected chi connectivity index (χ4v) is 1.97. The number of carbonyl (C=O) groups excluding carboxylic acids is 1. The van der Waals surface area contributed by atoms with Crippen LogP contribution in [0.5, 0.6) is 0 Å². The lowest BCUT2D eigenvalue weighted by Gasteiger charge is -2.14. The highest BCUT2D eigenvalue weighted by Crippen LogP contribution is 2.25. The smallest absolute Gasteiger partial charge is 0.242 e. The summed E-state index contributed by atoms with van der Waals surface area (Å²) >= 11 is 1.26. The van der Waals surface area contributed by atoms with Gasteiger partial charge in [-0.2, -0.15) is 4.37 Å². The Morgan fingerprint density at radius 1 is 1.65 bits per heavy atom. The van der Waals surface area contributed by atoms with Crippen molar-refractivity contribution < 1.29 is 9.53 Å². The molecule has 0 aliphatic carbocycles. The number of methoxy groups -OCH3 is 1. The molecule has 0 aliphatic heterocycles. The third kappa shape index (κ3) is 3.86. The van der Waals surface area contributed by atoms with Gasteiger partial charge in [0.15, 0.2) is 0 Å². The second-order valence-corrected chi connectivity index (χ2v) is 4.45. The highest BCUT2D eigenvalue weighted by molar-refractivity contribution is 7.10. The average Bonchev–Trinajstić information content (AvgIpc) is 2.61. The van der Waals surface area contributed by atoms with Gasteiger partial charge in [-0.1, -0.05) is 0 Å². The number of amides is 1. The van der Waals surface area contributed by atoms with E-state index in [1.807, 2.05) is 6.92 Å². The summed E-state index contributed by atoms with van der Waals surface area (Å²) in [5.41, 5.74) is 6.51. The first-order chi connectivity index (χ1) is 8.06. The molecule has 1 heterocycles. The molecule has 96 valence electrons. The molecule has 1 atom stereocenters. The summed E-state index contributed by atoms with van der Waals surface area (Å²) in [5.74, 6) is 0.429. The molecule has 0 aliphatic rings. The number of nitrogens with zero attached hydrogens (tertiary/aromatic N) is 1. The van der Waals surface area contributed by atoms with Crippen LogP contribution in [-0.4, -0.2) is 36.6 Å². The number of hydrogen-bond acceptors (Lipinski definition) is 6. The number of nitrogens with one attached hydrogen (secondary N) is 2. The zero-order valence-corrected chi connectivity index (χ0v) is 11.1. The standard InChI is InChI=1S/C10H18N4O2S/c1-6-8(11)14-17-10(6)13-7(2)9(15)12-4-5-16-3/h7,13H,4-5H2,1-3H3,(H2,11,14)(H,12,15). The predicted octanol–water partition coefficient (Wildman–Crippen LogP) is 0.597. The summed E-state index contributed by atoms with van der Waals surface area (Å²) < 4.78 is 8.86. The quantitative estimate of drug-likeness (QED) is 0.650. The maximum atomic E-state index is 11.7. The number of hydrogen-bond donors (Lipinski definition) is 3. The van der Waals surface area contributed by atoms with Crippen LogP contribution < -0.4 is 16.4 Å². The number of nitrogens with two attached hydrogens (primary N) is 1. The largest absolute Gasteiger partial charge is 0.383 e. The molecule has 0 fully saturated rings. The first kappa shape index (κ1) is 13.7. The fourth-order valence-electron chi connectivity index (χ4n) is 1.17. The van der Waals surface area contributed by atoms with Crippen LogP contribution in [-0.2, 0) is 9.53 Å². The van der Waals surface area contributed by atoms with Crippen molar-refractivity contribution in [1.29, 1.82) is 0 Å². The molecule has 1 rings (SSSR count). The van der Waals surface area contributed by atoms with E-state index in [0.29, 0.717) is 19.0 Å². The first-order valence-corrected chi connectivity index (χ1v) is 6.08. The van der Waals surface area contributed by atoms with Crippen molar-refractivity contribution in [2.75, 3.05) is 31.3 Å². The predicted molar refractivity (Wildman–Crippen MR) is 69.2 cm³/mol. The number of aromatic nitrogens is 1. The van der Waals surface area contributed by atoms with Crippen molar-refractivity contribution in [3.63, 3.8) is 0 Å². The molecule has 1 aromatic heterocycles. The third-order valence-electron chi connectivity index (χ3n) is 2.31. The Morgan fingerprint density at radius 3 is 2.88 bits per heavy atom. The van der Waals surface area contributed by atoms with Gasteiger partial charge < -0.3 is 21.1 Å². The van der Waals surface area contributed by atoms with Crippen LogP contribution in [0.4, 0.5) is 10.8 Å². The Hall–Kier alpha value is -1.34. The van der Waals surface area contributed by atoms with E-state index in [9.17, 15) is 4.79 Å². The number of nitrogen functional groups attached to an aromatic ring is 1. The number of ether oxygens (including phenoxy) is 1. The molecule has 0 radical (unpaired) electrons. The molecule has 7 heteroatoms. The molecular weight excluding hydrogens is 240 g/mol. The van der Waals surface area contributed by atoms with Gasteiger partial charge in [0.05, 0.1) is 6.61 Å². The summed E-state index contributed by atoms with van der Waals surface area (Å²) in [6.45, 7) is 4.67. The lowest BCUT2D eigenvalue weighted by molar-refractivity contribution is -0.121. The third-order valence-corrected chi connectivity index (χ3v) is 3.20. The van der Waals surface area contributed by atoms with Crippen LogP contribution in [0.2, 0.25) is 0 Å². The number of anilines is 2. The Morgan fingerprint density at radius 2 is 2.35 bits per heavy atom. The zero-order chi connectivity index (χ0) is 12.8. The molecule has 0 saturated carbocycles. The molecular formula is C10H18N4O2S. The van der Waals surface area contributed by atoms with E-state index in [-0.39, 0.29) is 11.9 Å². The van der Waals surface area contributed by atoms with Gasteiger partial charge in [-0.05, 0) is 25.4 Å². The molecule has 1 aromatic rings. The molecule has 0 aromatic carbocycles. The van der Waals surface area contributed by atoms with Gasteiger partial charge in [0.25, 0.3) is 0 Å². The highest BCUT2D eigenvalue weighted by Gasteiger charge is 2.15. The molecule has 4 N–H and O–H groups in total. The van der Waals surface area contributed by atoms with Gasteiger partial charge in [-0.3, -0.25) is 4.79 Å². The molecule has 0 spiro atoms. The van der Waals surface area contributed by atoms with Crippen LogP contribution >= 0.6 is 11.5 Å². The van der Waals surface area contributed by atoms with Crippen molar-refractivity contribution in [2.45, 2.75) is 19.9 Å². The van der Waals surface area contributed by atoms with E-state index >= 15 is 0 Å². The van der Waals surface area contributed by atoms with Crippen molar-refractivity contribution in [3.05, 3.63) is 5.56 Å². The fraction of sp³-hybridized carbons (Fsp3) is 0.600. The average molecular weight is 258 g/mol. The van der Waals surface area contributed by atoms with Crippen LogP contribution in [0, 0.1) is 6.92 Å². The van der Waals surface area contributed by atoms with Gasteiger partial charge in [0.2, 0.25) is 5.91 Å². The Kier molecular flexibility index (Phi) is 5.17. The van der Waals surface area contributed by atoms with Crippen molar-refractivity contribution in [1.82, 2.24) is 9.69 Å². The van der Waals surface area contributed by atoms with Gasteiger partial charge in [0.1, 0.15) is 16.9 Å². The van der Waals surface area contributed by atoms with Gasteiger partial charge in [-0.25, -0.2) is 0 Å². The Bertz CT molecular complexity index is 380. The van der Waals surface area contributed by atoms with Crippen molar-refractivity contribution in [3.8, 4) is 0 Å².